The summed E-state index contributed by atoms with van der Waals surface area (Å²) >= 11 is 0. The number of nitrogens with zero attached hydrogens (tertiary/aromatic N) is 4. The van der Waals surface area contributed by atoms with Gasteiger partial charge in [0.25, 0.3) is 0 Å². The molecule has 2 aromatic heterocycles. The molecule has 2 heterocycles. The van der Waals surface area contributed by atoms with Gasteiger partial charge in [-0.3, -0.25) is 20.6 Å². The van der Waals surface area contributed by atoms with Crippen LogP contribution in [0.5, 0.6) is 0 Å². The van der Waals surface area contributed by atoms with Gasteiger partial charge >= 0.3 is 0 Å². The third-order valence-electron chi connectivity index (χ3n) is 2.78. The van der Waals surface area contributed by atoms with Crippen LogP contribution >= 0.6 is 0 Å². The average Bonchev–Trinajstić information content (AvgIpc) is 2.94. The highest BCUT2D eigenvalue weighted by Gasteiger charge is 2.13. The second-order valence-electron chi connectivity index (χ2n) is 4.07. The Morgan fingerprint density at radius 3 is 2.71 bits per heavy atom. The predicted molar refractivity (Wildman–Crippen MR) is 64.9 cm³/mol. The third-order valence-corrected chi connectivity index (χ3v) is 2.78. The van der Waals surface area contributed by atoms with Gasteiger partial charge in [-0.15, -0.1) is 0 Å². The molecule has 0 saturated heterocycles. The van der Waals surface area contributed by atoms with E-state index in [0.29, 0.717) is 0 Å². The van der Waals surface area contributed by atoms with Crippen LogP contribution < -0.4 is 11.3 Å². The van der Waals surface area contributed by atoms with Gasteiger partial charge in [-0.1, -0.05) is 0 Å². The Hall–Kier alpha value is -1.66. The fourth-order valence-corrected chi connectivity index (χ4v) is 1.81. The molecule has 2 rings (SSSR count). The van der Waals surface area contributed by atoms with E-state index >= 15 is 0 Å². The lowest BCUT2D eigenvalue weighted by Crippen LogP contribution is -2.29. The zero-order chi connectivity index (χ0) is 12.3. The highest BCUT2D eigenvalue weighted by molar-refractivity contribution is 5.15. The minimum Gasteiger partial charge on any atom is -0.275 e. The molecule has 0 aliphatic carbocycles. The van der Waals surface area contributed by atoms with E-state index in [-0.39, 0.29) is 6.04 Å². The molecule has 6 nitrogen and oxygen atoms in total. The molecule has 92 valence electrons. The van der Waals surface area contributed by atoms with Crippen molar-refractivity contribution in [1.29, 1.82) is 0 Å². The number of nitrogens with two attached hydrogens (primary N) is 1. The van der Waals surface area contributed by atoms with Crippen molar-refractivity contribution in [2.45, 2.75) is 25.9 Å². The molecule has 1 atom stereocenters. The fraction of sp³-hybridized carbons (Fsp3) is 0.455. The smallest absolute Gasteiger partial charge is 0.0538 e. The van der Waals surface area contributed by atoms with E-state index in [1.807, 2.05) is 36.5 Å². The first-order valence-electron chi connectivity index (χ1n) is 5.69. The molecule has 0 bridgehead atoms. The second-order valence-corrected chi connectivity index (χ2v) is 4.07. The molecular formula is C11H18N6. The van der Waals surface area contributed by atoms with Crippen LogP contribution in [-0.2, 0) is 20.0 Å². The summed E-state index contributed by atoms with van der Waals surface area (Å²) in [6.07, 6.45) is 8.52. The Balaban J connectivity index is 2.09. The first-order valence-corrected chi connectivity index (χ1v) is 5.69. The molecule has 1 unspecified atom stereocenters. The Bertz CT molecular complexity index is 472. The van der Waals surface area contributed by atoms with Gasteiger partial charge in [-0.25, -0.2) is 0 Å². The Morgan fingerprint density at radius 2 is 2.18 bits per heavy atom. The van der Waals surface area contributed by atoms with Gasteiger partial charge in [-0.05, 0) is 18.9 Å². The summed E-state index contributed by atoms with van der Waals surface area (Å²) in [5, 5.41) is 8.40. The highest BCUT2D eigenvalue weighted by Crippen LogP contribution is 2.16. The molecule has 0 fully saturated rings. The quantitative estimate of drug-likeness (QED) is 0.579. The number of aromatic nitrogens is 4. The zero-order valence-corrected chi connectivity index (χ0v) is 10.2. The van der Waals surface area contributed by atoms with Gasteiger partial charge in [0.1, 0.15) is 0 Å². The van der Waals surface area contributed by atoms with E-state index in [0.717, 1.165) is 18.5 Å². The normalized spacial score (nSPS) is 12.9. The maximum Gasteiger partial charge on any atom is 0.0538 e. The zero-order valence-electron chi connectivity index (χ0n) is 10.2. The summed E-state index contributed by atoms with van der Waals surface area (Å²) in [5.74, 6) is 5.59. The van der Waals surface area contributed by atoms with Gasteiger partial charge in [0.2, 0.25) is 0 Å². The number of hydrazine groups is 1. The van der Waals surface area contributed by atoms with Crippen LogP contribution in [0.1, 0.15) is 24.1 Å². The van der Waals surface area contributed by atoms with Crippen molar-refractivity contribution in [3.63, 3.8) is 0 Å². The van der Waals surface area contributed by atoms with Gasteiger partial charge in [0.15, 0.2) is 0 Å². The number of hydrogen-bond donors (Lipinski definition) is 2. The van der Waals surface area contributed by atoms with Crippen LogP contribution in [0.4, 0.5) is 0 Å². The molecule has 0 saturated carbocycles. The lowest BCUT2D eigenvalue weighted by Gasteiger charge is -2.12. The van der Waals surface area contributed by atoms with Crippen LogP contribution in [-0.4, -0.2) is 19.6 Å². The van der Waals surface area contributed by atoms with Gasteiger partial charge < -0.3 is 0 Å². The predicted octanol–water partition coefficient (Wildman–Crippen LogP) is 0.384. The summed E-state index contributed by atoms with van der Waals surface area (Å²) in [5.41, 5.74) is 5.07. The van der Waals surface area contributed by atoms with Crippen molar-refractivity contribution < 1.29 is 0 Å². The van der Waals surface area contributed by atoms with Crippen LogP contribution in [0.15, 0.2) is 24.8 Å². The number of hydrogen-bond acceptors (Lipinski definition) is 4. The summed E-state index contributed by atoms with van der Waals surface area (Å²) in [6, 6.07) is 0.0678. The second kappa shape index (κ2) is 5.11. The monoisotopic (exact) mass is 234 g/mol. The minimum absolute atomic E-state index is 0.0678. The Labute approximate surface area is 100 Å². The van der Waals surface area contributed by atoms with Crippen LogP contribution in [0, 0.1) is 0 Å². The molecule has 17 heavy (non-hydrogen) atoms. The molecule has 0 radical (unpaired) electrons. The summed E-state index contributed by atoms with van der Waals surface area (Å²) < 4.78 is 3.68. The SMILES string of the molecule is CCn1cc(CC(NN)c2cnn(C)c2)cn1. The van der Waals surface area contributed by atoms with Crippen molar-refractivity contribution >= 4 is 0 Å². The van der Waals surface area contributed by atoms with E-state index in [9.17, 15) is 0 Å². The van der Waals surface area contributed by atoms with E-state index < -0.39 is 0 Å². The summed E-state index contributed by atoms with van der Waals surface area (Å²) in [6.45, 7) is 2.95. The van der Waals surface area contributed by atoms with Crippen LogP contribution in [0.25, 0.3) is 0 Å². The Morgan fingerprint density at radius 1 is 1.35 bits per heavy atom. The van der Waals surface area contributed by atoms with Gasteiger partial charge in [0, 0.05) is 31.5 Å². The molecule has 0 spiro atoms. The third kappa shape index (κ3) is 2.72. The molecule has 0 aliphatic rings. The van der Waals surface area contributed by atoms with Gasteiger partial charge in [0.05, 0.1) is 18.4 Å². The first-order chi connectivity index (χ1) is 8.22. The number of aryl methyl sites for hydroxylation is 2. The minimum atomic E-state index is 0.0678. The van der Waals surface area contributed by atoms with E-state index in [2.05, 4.69) is 22.5 Å². The van der Waals surface area contributed by atoms with Crippen molar-refractivity contribution in [2.24, 2.45) is 12.9 Å². The Kier molecular flexibility index (Phi) is 3.55. The van der Waals surface area contributed by atoms with Crippen LogP contribution in [0.3, 0.4) is 0 Å². The van der Waals surface area contributed by atoms with E-state index in [1.54, 1.807) is 4.68 Å². The van der Waals surface area contributed by atoms with Crippen molar-refractivity contribution in [2.75, 3.05) is 0 Å². The summed E-state index contributed by atoms with van der Waals surface area (Å²) in [7, 11) is 1.90. The highest BCUT2D eigenvalue weighted by atomic mass is 15.3. The topological polar surface area (TPSA) is 73.7 Å². The van der Waals surface area contributed by atoms with Gasteiger partial charge in [-0.2, -0.15) is 10.2 Å². The van der Waals surface area contributed by atoms with E-state index in [4.69, 9.17) is 5.84 Å². The molecule has 0 aliphatic heterocycles. The van der Waals surface area contributed by atoms with Crippen molar-refractivity contribution in [3.05, 3.63) is 35.9 Å². The largest absolute Gasteiger partial charge is 0.275 e. The van der Waals surface area contributed by atoms with E-state index in [1.165, 1.54) is 5.56 Å². The first kappa shape index (κ1) is 11.8. The molecular weight excluding hydrogens is 216 g/mol. The summed E-state index contributed by atoms with van der Waals surface area (Å²) in [4.78, 5) is 0. The molecule has 0 amide bonds. The van der Waals surface area contributed by atoms with Crippen molar-refractivity contribution in [3.8, 4) is 0 Å². The maximum absolute atomic E-state index is 5.59. The lowest BCUT2D eigenvalue weighted by atomic mass is 10.1. The standard InChI is InChI=1S/C11H18N6/c1-3-17-7-9(5-14-17)4-11(15-12)10-6-13-16(2)8-10/h5-8,11,15H,3-4,12H2,1-2H3. The molecule has 3 N–H and O–H groups in total. The molecule has 0 aromatic carbocycles. The molecule has 6 heteroatoms. The van der Waals surface area contributed by atoms with Crippen molar-refractivity contribution in [1.82, 2.24) is 25.0 Å². The molecule has 2 aromatic rings. The maximum atomic E-state index is 5.59. The lowest BCUT2D eigenvalue weighted by molar-refractivity contribution is 0.550. The average molecular weight is 234 g/mol. The number of rotatable bonds is 5. The fourth-order valence-electron chi connectivity index (χ4n) is 1.81. The van der Waals surface area contributed by atoms with Crippen LogP contribution in [0.2, 0.25) is 0 Å². The number of nitrogens with one attached hydrogen (secondary N) is 1.